The minimum Gasteiger partial charge on any atom is -0.397 e. The number of benzene rings is 1. The molecule has 0 aliphatic carbocycles. The maximum Gasteiger partial charge on any atom is 0.227 e. The molecule has 0 atom stereocenters. The van der Waals surface area contributed by atoms with Crippen LogP contribution in [0.2, 0.25) is 0 Å². The highest BCUT2D eigenvalue weighted by atomic mass is 19.1. The van der Waals surface area contributed by atoms with Crippen molar-refractivity contribution in [1.29, 1.82) is 0 Å². The van der Waals surface area contributed by atoms with Crippen molar-refractivity contribution < 1.29 is 18.3 Å². The first-order valence-electron chi connectivity index (χ1n) is 5.71. The molecular weight excluding hydrogens is 242 g/mol. The average molecular weight is 256 g/mol. The van der Waals surface area contributed by atoms with Crippen LogP contribution in [-0.4, -0.2) is 19.1 Å². The summed E-state index contributed by atoms with van der Waals surface area (Å²) in [4.78, 5) is 11.9. The van der Waals surface area contributed by atoms with Gasteiger partial charge in [0.2, 0.25) is 5.91 Å². The van der Waals surface area contributed by atoms with Crippen LogP contribution in [0.5, 0.6) is 0 Å². The van der Waals surface area contributed by atoms with Gasteiger partial charge in [-0.3, -0.25) is 4.79 Å². The largest absolute Gasteiger partial charge is 0.397 e. The fraction of sp³-hybridized carbons (Fsp3) is 0.417. The van der Waals surface area contributed by atoms with Crippen molar-refractivity contribution in [2.75, 3.05) is 24.3 Å². The summed E-state index contributed by atoms with van der Waals surface area (Å²) in [5.74, 6) is -2.17. The van der Waals surface area contributed by atoms with Gasteiger partial charge in [-0.2, -0.15) is 0 Å². The van der Waals surface area contributed by atoms with Crippen LogP contribution >= 0.6 is 0 Å². The van der Waals surface area contributed by atoms with E-state index in [1.807, 2.05) is 0 Å². The van der Waals surface area contributed by atoms with E-state index in [1.54, 1.807) is 0 Å². The minimum atomic E-state index is -0.868. The molecule has 18 heavy (non-hydrogen) atoms. The quantitative estimate of drug-likeness (QED) is 0.794. The van der Waals surface area contributed by atoms with Gasteiger partial charge in [-0.1, -0.05) is 0 Å². The SMILES string of the molecule is Nc1cc(F)cc(F)c1NC(=O)C1CCOCC1. The smallest absolute Gasteiger partial charge is 0.227 e. The molecule has 2 rings (SSSR count). The summed E-state index contributed by atoms with van der Waals surface area (Å²) < 4.78 is 31.5. The summed E-state index contributed by atoms with van der Waals surface area (Å²) in [6, 6.07) is 1.67. The molecular formula is C12H14F2N2O2. The second-order valence-corrected chi connectivity index (χ2v) is 4.23. The molecule has 0 spiro atoms. The Bertz CT molecular complexity index is 436. The zero-order chi connectivity index (χ0) is 13.1. The molecule has 0 bridgehead atoms. The fourth-order valence-electron chi connectivity index (χ4n) is 1.91. The molecule has 0 aromatic heterocycles. The third-order valence-corrected chi connectivity index (χ3v) is 2.93. The molecule has 1 heterocycles. The second-order valence-electron chi connectivity index (χ2n) is 4.23. The van der Waals surface area contributed by atoms with Gasteiger partial charge < -0.3 is 15.8 Å². The Kier molecular flexibility index (Phi) is 3.76. The number of hydrogen-bond donors (Lipinski definition) is 2. The van der Waals surface area contributed by atoms with Crippen LogP contribution in [0.15, 0.2) is 12.1 Å². The van der Waals surface area contributed by atoms with Gasteiger partial charge >= 0.3 is 0 Å². The zero-order valence-electron chi connectivity index (χ0n) is 9.71. The highest BCUT2D eigenvalue weighted by molar-refractivity contribution is 5.95. The summed E-state index contributed by atoms with van der Waals surface area (Å²) in [7, 11) is 0. The number of hydrogen-bond acceptors (Lipinski definition) is 3. The molecule has 1 aromatic rings. The first kappa shape index (κ1) is 12.8. The highest BCUT2D eigenvalue weighted by Gasteiger charge is 2.23. The van der Waals surface area contributed by atoms with Crippen LogP contribution in [0.4, 0.5) is 20.2 Å². The molecule has 1 saturated heterocycles. The van der Waals surface area contributed by atoms with Crippen molar-refractivity contribution in [1.82, 2.24) is 0 Å². The maximum absolute atomic E-state index is 13.5. The lowest BCUT2D eigenvalue weighted by Crippen LogP contribution is -2.29. The Morgan fingerprint density at radius 3 is 2.61 bits per heavy atom. The van der Waals surface area contributed by atoms with E-state index in [4.69, 9.17) is 10.5 Å². The van der Waals surface area contributed by atoms with Gasteiger partial charge in [0.1, 0.15) is 11.5 Å². The van der Waals surface area contributed by atoms with E-state index in [1.165, 1.54) is 0 Å². The molecule has 0 radical (unpaired) electrons. The number of amides is 1. The predicted octanol–water partition coefficient (Wildman–Crippen LogP) is 1.91. The van der Waals surface area contributed by atoms with Crippen LogP contribution in [0.25, 0.3) is 0 Å². The monoisotopic (exact) mass is 256 g/mol. The molecule has 3 N–H and O–H groups in total. The lowest BCUT2D eigenvalue weighted by Gasteiger charge is -2.21. The van der Waals surface area contributed by atoms with Gasteiger partial charge in [-0.05, 0) is 18.9 Å². The van der Waals surface area contributed by atoms with Crippen molar-refractivity contribution in [3.05, 3.63) is 23.8 Å². The Labute approximate surface area is 103 Å². The molecule has 1 aromatic carbocycles. The van der Waals surface area contributed by atoms with Gasteiger partial charge in [0.15, 0.2) is 5.82 Å². The number of rotatable bonds is 2. The molecule has 1 aliphatic rings. The van der Waals surface area contributed by atoms with Crippen molar-refractivity contribution in [2.45, 2.75) is 12.8 Å². The van der Waals surface area contributed by atoms with Crippen LogP contribution in [-0.2, 0) is 9.53 Å². The molecule has 1 fully saturated rings. The van der Waals surface area contributed by atoms with Gasteiger partial charge in [-0.15, -0.1) is 0 Å². The second kappa shape index (κ2) is 5.30. The van der Waals surface area contributed by atoms with Gasteiger partial charge in [0.05, 0.1) is 5.69 Å². The number of anilines is 2. The number of nitrogen functional groups attached to an aromatic ring is 1. The Hall–Kier alpha value is -1.69. The number of carbonyl (C=O) groups is 1. The van der Waals surface area contributed by atoms with Gasteiger partial charge in [0.25, 0.3) is 0 Å². The number of carbonyl (C=O) groups excluding carboxylic acids is 1. The van der Waals surface area contributed by atoms with E-state index in [-0.39, 0.29) is 23.2 Å². The molecule has 1 aliphatic heterocycles. The minimum absolute atomic E-state index is 0.118. The summed E-state index contributed by atoms with van der Waals surface area (Å²) in [5, 5.41) is 2.41. The number of nitrogens with two attached hydrogens (primary N) is 1. The van der Waals surface area contributed by atoms with Gasteiger partial charge in [0, 0.05) is 25.2 Å². The Balaban J connectivity index is 2.11. The van der Waals surface area contributed by atoms with E-state index >= 15 is 0 Å². The van der Waals surface area contributed by atoms with E-state index in [9.17, 15) is 13.6 Å². The van der Waals surface area contributed by atoms with Crippen molar-refractivity contribution >= 4 is 17.3 Å². The molecule has 1 amide bonds. The summed E-state index contributed by atoms with van der Waals surface area (Å²) in [5.41, 5.74) is 5.20. The standard InChI is InChI=1S/C12H14F2N2O2/c13-8-5-9(14)11(10(15)6-8)16-12(17)7-1-3-18-4-2-7/h5-7H,1-4,15H2,(H,16,17). The Morgan fingerprint density at radius 1 is 1.33 bits per heavy atom. The molecule has 98 valence electrons. The maximum atomic E-state index is 13.5. The number of ether oxygens (including phenoxy) is 1. The number of halogens is 2. The Morgan fingerprint density at radius 2 is 2.00 bits per heavy atom. The third-order valence-electron chi connectivity index (χ3n) is 2.93. The zero-order valence-corrected chi connectivity index (χ0v) is 9.71. The first-order valence-corrected chi connectivity index (χ1v) is 5.71. The van der Waals surface area contributed by atoms with E-state index in [0.29, 0.717) is 32.1 Å². The van der Waals surface area contributed by atoms with Crippen LogP contribution in [0.1, 0.15) is 12.8 Å². The van der Waals surface area contributed by atoms with Crippen LogP contribution < -0.4 is 11.1 Å². The van der Waals surface area contributed by atoms with E-state index < -0.39 is 11.6 Å². The van der Waals surface area contributed by atoms with Crippen LogP contribution in [0, 0.1) is 17.6 Å². The molecule has 0 saturated carbocycles. The molecule has 4 nitrogen and oxygen atoms in total. The van der Waals surface area contributed by atoms with E-state index in [2.05, 4.69) is 5.32 Å². The summed E-state index contributed by atoms with van der Waals surface area (Å²) in [6.45, 7) is 1.03. The van der Waals surface area contributed by atoms with Crippen molar-refractivity contribution in [3.8, 4) is 0 Å². The summed E-state index contributed by atoms with van der Waals surface area (Å²) >= 11 is 0. The predicted molar refractivity (Wildman–Crippen MR) is 62.9 cm³/mol. The third kappa shape index (κ3) is 2.76. The van der Waals surface area contributed by atoms with Crippen molar-refractivity contribution in [2.24, 2.45) is 5.92 Å². The fourth-order valence-corrected chi connectivity index (χ4v) is 1.91. The molecule has 0 unspecified atom stereocenters. The van der Waals surface area contributed by atoms with Crippen molar-refractivity contribution in [3.63, 3.8) is 0 Å². The molecule has 6 heteroatoms. The lowest BCUT2D eigenvalue weighted by molar-refractivity contribution is -0.122. The lowest BCUT2D eigenvalue weighted by atomic mass is 9.99. The topological polar surface area (TPSA) is 64.3 Å². The van der Waals surface area contributed by atoms with Crippen LogP contribution in [0.3, 0.4) is 0 Å². The highest BCUT2D eigenvalue weighted by Crippen LogP contribution is 2.25. The normalized spacial score (nSPS) is 16.6. The first-order chi connectivity index (χ1) is 8.58. The summed E-state index contributed by atoms with van der Waals surface area (Å²) in [6.07, 6.45) is 1.18. The number of nitrogens with one attached hydrogen (secondary N) is 1. The van der Waals surface area contributed by atoms with Gasteiger partial charge in [-0.25, -0.2) is 8.78 Å². The van der Waals surface area contributed by atoms with E-state index in [0.717, 1.165) is 6.07 Å². The average Bonchev–Trinajstić information content (AvgIpc) is 2.34.